The van der Waals surface area contributed by atoms with Gasteiger partial charge in [0.15, 0.2) is 17.3 Å². The van der Waals surface area contributed by atoms with E-state index in [0.717, 1.165) is 5.56 Å². The Hall–Kier alpha value is -4.18. The molecule has 0 bridgehead atoms. The molecule has 35 heavy (non-hydrogen) atoms. The first-order valence-corrected chi connectivity index (χ1v) is 11.5. The summed E-state index contributed by atoms with van der Waals surface area (Å²) in [7, 11) is 3.05. The Morgan fingerprint density at radius 2 is 1.89 bits per heavy atom. The zero-order chi connectivity index (χ0) is 25.1. The number of carbonyl (C=O) groups excluding carboxylic acids is 2. The molecule has 0 radical (unpaired) electrons. The average molecular weight is 495 g/mol. The molecule has 2 aromatic carbocycles. The second kappa shape index (κ2) is 9.98. The maximum Gasteiger partial charge on any atom is 0.290 e. The number of hydrogen-bond donors (Lipinski definition) is 1. The highest BCUT2D eigenvalue weighted by atomic mass is 32.1. The van der Waals surface area contributed by atoms with Crippen molar-refractivity contribution in [2.75, 3.05) is 20.8 Å². The minimum Gasteiger partial charge on any atom is -0.503 e. The molecular weight excluding hydrogens is 472 g/mol. The van der Waals surface area contributed by atoms with Gasteiger partial charge in [-0.05, 0) is 41.1 Å². The van der Waals surface area contributed by atoms with Crippen LogP contribution in [0, 0.1) is 10.1 Å². The summed E-state index contributed by atoms with van der Waals surface area (Å²) < 4.78 is 10.6. The lowest BCUT2D eigenvalue weighted by Gasteiger charge is -2.27. The van der Waals surface area contributed by atoms with Crippen LogP contribution in [0.4, 0.5) is 5.69 Å². The maximum absolute atomic E-state index is 13.3. The fourth-order valence-corrected chi connectivity index (χ4v) is 4.78. The molecule has 0 unspecified atom stereocenters. The lowest BCUT2D eigenvalue weighted by Crippen LogP contribution is -2.33. The number of benzene rings is 2. The standard InChI is InChI=1S/C25H22N2O7S/c1-33-18-9-8-15(13-19(18)34-2)10-11-26-22(16-5-3-6-17(14-16)27(31)32)21(24(29)25(26)30)23(28)20-7-4-12-35-20/h3-9,12-14,22,29H,10-11H2,1-2H3/t22-/m1/s1. The van der Waals surface area contributed by atoms with E-state index in [9.17, 15) is 24.8 Å². The summed E-state index contributed by atoms with van der Waals surface area (Å²) in [6, 6.07) is 13.4. The number of methoxy groups -OCH3 is 2. The number of ether oxygens (including phenoxy) is 2. The molecule has 4 rings (SSSR count). The third-order valence-corrected chi connectivity index (χ3v) is 6.65. The van der Waals surface area contributed by atoms with Crippen LogP contribution in [0.2, 0.25) is 0 Å². The van der Waals surface area contributed by atoms with Gasteiger partial charge in [0.1, 0.15) is 0 Å². The van der Waals surface area contributed by atoms with Crippen molar-refractivity contribution in [2.45, 2.75) is 12.5 Å². The molecule has 10 heteroatoms. The molecule has 1 N–H and O–H groups in total. The number of nitrogens with zero attached hydrogens (tertiary/aromatic N) is 2. The number of nitro groups is 1. The first-order valence-electron chi connectivity index (χ1n) is 10.6. The molecule has 3 aromatic rings. The number of ketones is 1. The zero-order valence-electron chi connectivity index (χ0n) is 19.0. The second-order valence-electron chi connectivity index (χ2n) is 7.76. The molecule has 9 nitrogen and oxygen atoms in total. The monoisotopic (exact) mass is 494 g/mol. The van der Waals surface area contributed by atoms with Gasteiger partial charge in [-0.15, -0.1) is 11.3 Å². The van der Waals surface area contributed by atoms with Gasteiger partial charge in [0.25, 0.3) is 11.6 Å². The Labute approximate surface area is 205 Å². The number of hydrogen-bond acceptors (Lipinski definition) is 8. The smallest absolute Gasteiger partial charge is 0.290 e. The normalized spacial score (nSPS) is 15.4. The van der Waals surface area contributed by atoms with Crippen LogP contribution in [0.1, 0.15) is 26.8 Å². The number of aliphatic hydroxyl groups is 1. The van der Waals surface area contributed by atoms with Crippen LogP contribution >= 0.6 is 11.3 Å². The largest absolute Gasteiger partial charge is 0.503 e. The summed E-state index contributed by atoms with van der Waals surface area (Å²) in [4.78, 5) is 39.0. The number of Topliss-reactive ketones (excluding diaryl/α,β-unsaturated/α-hetero) is 1. The van der Waals surface area contributed by atoms with Crippen molar-refractivity contribution in [3.63, 3.8) is 0 Å². The minimum atomic E-state index is -0.975. The highest BCUT2D eigenvalue weighted by Crippen LogP contribution is 2.40. The lowest BCUT2D eigenvalue weighted by molar-refractivity contribution is -0.384. The van der Waals surface area contributed by atoms with Crippen molar-refractivity contribution in [1.29, 1.82) is 0 Å². The topological polar surface area (TPSA) is 119 Å². The van der Waals surface area contributed by atoms with Crippen LogP contribution in [-0.2, 0) is 11.2 Å². The van der Waals surface area contributed by atoms with Gasteiger partial charge in [-0.25, -0.2) is 0 Å². The summed E-state index contributed by atoms with van der Waals surface area (Å²) in [6.07, 6.45) is 0.380. The van der Waals surface area contributed by atoms with Gasteiger partial charge in [0.2, 0.25) is 5.78 Å². The second-order valence-corrected chi connectivity index (χ2v) is 8.71. The molecule has 0 saturated heterocycles. The van der Waals surface area contributed by atoms with Crippen molar-refractivity contribution >= 4 is 28.7 Å². The van der Waals surface area contributed by atoms with E-state index in [1.807, 2.05) is 6.07 Å². The summed E-state index contributed by atoms with van der Waals surface area (Å²) in [5.41, 5.74) is 0.934. The molecule has 0 spiro atoms. The quantitative estimate of drug-likeness (QED) is 0.264. The fourth-order valence-electron chi connectivity index (χ4n) is 4.10. The lowest BCUT2D eigenvalue weighted by atomic mass is 9.95. The number of amides is 1. The first-order chi connectivity index (χ1) is 16.8. The van der Waals surface area contributed by atoms with E-state index < -0.39 is 28.4 Å². The van der Waals surface area contributed by atoms with Gasteiger partial charge in [-0.1, -0.05) is 24.3 Å². The molecule has 0 saturated carbocycles. The Balaban J connectivity index is 1.71. The summed E-state index contributed by atoms with van der Waals surface area (Å²) in [6.45, 7) is 0.146. The summed E-state index contributed by atoms with van der Waals surface area (Å²) in [5, 5.41) is 23.9. The molecular formula is C25H22N2O7S. The van der Waals surface area contributed by atoms with E-state index in [0.29, 0.717) is 28.4 Å². The Morgan fingerprint density at radius 3 is 2.54 bits per heavy atom. The predicted octanol–water partition coefficient (Wildman–Crippen LogP) is 4.49. The molecule has 1 aliphatic rings. The third kappa shape index (κ3) is 4.60. The minimum absolute atomic E-state index is 0.0924. The summed E-state index contributed by atoms with van der Waals surface area (Å²) >= 11 is 1.19. The maximum atomic E-state index is 13.3. The van der Waals surface area contributed by atoms with E-state index in [1.54, 1.807) is 35.7 Å². The highest BCUT2D eigenvalue weighted by molar-refractivity contribution is 7.12. The molecule has 1 aromatic heterocycles. The van der Waals surface area contributed by atoms with Gasteiger partial charge in [-0.2, -0.15) is 0 Å². The summed E-state index contributed by atoms with van der Waals surface area (Å²) in [5.74, 6) is -0.751. The number of rotatable bonds is 9. The Bertz CT molecular complexity index is 1320. The van der Waals surface area contributed by atoms with Crippen molar-refractivity contribution in [3.8, 4) is 11.5 Å². The first kappa shape index (κ1) is 24.0. The van der Waals surface area contributed by atoms with Gasteiger partial charge in [0.05, 0.1) is 35.6 Å². The highest BCUT2D eigenvalue weighted by Gasteiger charge is 2.44. The van der Waals surface area contributed by atoms with Crippen LogP contribution in [0.15, 0.2) is 71.3 Å². The van der Waals surface area contributed by atoms with Crippen LogP contribution in [-0.4, -0.2) is 47.4 Å². The SMILES string of the molecule is COc1ccc(CCN2C(=O)C(O)=C(C(=O)c3cccs3)[C@H]2c2cccc([N+](=O)[O-])c2)cc1OC. The number of aliphatic hydroxyl groups excluding tert-OH is 1. The van der Waals surface area contributed by atoms with Gasteiger partial charge >= 0.3 is 0 Å². The van der Waals surface area contributed by atoms with Gasteiger partial charge in [0, 0.05) is 18.7 Å². The third-order valence-electron chi connectivity index (χ3n) is 5.78. The van der Waals surface area contributed by atoms with Crippen LogP contribution < -0.4 is 9.47 Å². The van der Waals surface area contributed by atoms with Crippen LogP contribution in [0.3, 0.4) is 0 Å². The molecule has 0 aliphatic carbocycles. The fraction of sp³-hybridized carbons (Fsp3) is 0.200. The van der Waals surface area contributed by atoms with E-state index >= 15 is 0 Å². The van der Waals surface area contributed by atoms with Gasteiger partial charge < -0.3 is 19.5 Å². The number of carbonyl (C=O) groups is 2. The van der Waals surface area contributed by atoms with Crippen molar-refractivity contribution in [2.24, 2.45) is 0 Å². The predicted molar refractivity (Wildman–Crippen MR) is 129 cm³/mol. The zero-order valence-corrected chi connectivity index (χ0v) is 19.8. The van der Waals surface area contributed by atoms with E-state index in [4.69, 9.17) is 9.47 Å². The van der Waals surface area contributed by atoms with Crippen molar-refractivity contribution < 1.29 is 29.1 Å². The molecule has 1 atom stereocenters. The van der Waals surface area contributed by atoms with E-state index in [1.165, 1.54) is 48.7 Å². The average Bonchev–Trinajstić information content (AvgIpc) is 3.49. The van der Waals surface area contributed by atoms with E-state index in [2.05, 4.69) is 0 Å². The molecule has 2 heterocycles. The van der Waals surface area contributed by atoms with Crippen molar-refractivity contribution in [3.05, 3.63) is 97.4 Å². The van der Waals surface area contributed by atoms with Crippen molar-refractivity contribution in [1.82, 2.24) is 4.90 Å². The number of nitro benzene ring substituents is 1. The van der Waals surface area contributed by atoms with Crippen LogP contribution in [0.5, 0.6) is 11.5 Å². The number of non-ortho nitro benzene ring substituents is 1. The van der Waals surface area contributed by atoms with E-state index in [-0.39, 0.29) is 17.8 Å². The Kier molecular flexibility index (Phi) is 6.83. The van der Waals surface area contributed by atoms with Crippen LogP contribution in [0.25, 0.3) is 0 Å². The molecule has 1 amide bonds. The molecule has 1 aliphatic heterocycles. The number of thiophene rings is 1. The Morgan fingerprint density at radius 1 is 1.11 bits per heavy atom. The van der Waals surface area contributed by atoms with Gasteiger partial charge in [-0.3, -0.25) is 19.7 Å². The molecule has 0 fully saturated rings. The molecule has 180 valence electrons.